The van der Waals surface area contributed by atoms with E-state index in [0.717, 1.165) is 16.7 Å². The number of amides is 1. The Labute approximate surface area is 117 Å². The zero-order valence-corrected chi connectivity index (χ0v) is 11.8. The lowest BCUT2D eigenvalue weighted by Crippen LogP contribution is -2.37. The molecule has 1 aromatic carbocycles. The molecule has 5 heteroatoms. The van der Waals surface area contributed by atoms with E-state index in [-0.39, 0.29) is 18.6 Å². The van der Waals surface area contributed by atoms with Crippen LogP contribution in [0.25, 0.3) is 10.9 Å². The van der Waals surface area contributed by atoms with Gasteiger partial charge in [-0.15, -0.1) is 0 Å². The van der Waals surface area contributed by atoms with Crippen molar-refractivity contribution in [2.24, 2.45) is 0 Å². The summed E-state index contributed by atoms with van der Waals surface area (Å²) in [5.74, 6) is 0.565. The predicted molar refractivity (Wildman–Crippen MR) is 78.1 cm³/mol. The lowest BCUT2D eigenvalue weighted by Gasteiger charge is -2.12. The standard InChI is InChI=1S/C15H20N2O3/c1-3-11(9-18)16-15(19)14-7-10-5-6-12(20-4-2)8-13(10)17-14/h5-8,11,17-18H,3-4,9H2,1-2H3,(H,16,19). The molecule has 2 rings (SSSR count). The summed E-state index contributed by atoms with van der Waals surface area (Å²) < 4.78 is 5.43. The summed E-state index contributed by atoms with van der Waals surface area (Å²) in [6.45, 7) is 4.39. The van der Waals surface area contributed by atoms with Crippen LogP contribution in [0.15, 0.2) is 24.3 Å². The highest BCUT2D eigenvalue weighted by Gasteiger charge is 2.13. The number of H-pyrrole nitrogens is 1. The molecule has 0 fully saturated rings. The van der Waals surface area contributed by atoms with Crippen LogP contribution in [0.1, 0.15) is 30.8 Å². The number of hydrogen-bond acceptors (Lipinski definition) is 3. The Hall–Kier alpha value is -2.01. The largest absolute Gasteiger partial charge is 0.494 e. The van der Waals surface area contributed by atoms with Gasteiger partial charge in [-0.25, -0.2) is 0 Å². The summed E-state index contributed by atoms with van der Waals surface area (Å²) in [4.78, 5) is 15.1. The van der Waals surface area contributed by atoms with E-state index in [2.05, 4.69) is 10.3 Å². The van der Waals surface area contributed by atoms with Crippen molar-refractivity contribution in [2.45, 2.75) is 26.3 Å². The third-order valence-electron chi connectivity index (χ3n) is 3.20. The van der Waals surface area contributed by atoms with Gasteiger partial charge in [0.25, 0.3) is 5.91 Å². The molecule has 0 saturated heterocycles. The molecule has 0 spiro atoms. The quantitative estimate of drug-likeness (QED) is 0.756. The van der Waals surface area contributed by atoms with Crippen molar-refractivity contribution in [3.63, 3.8) is 0 Å². The second kappa shape index (κ2) is 6.43. The van der Waals surface area contributed by atoms with Gasteiger partial charge in [-0.2, -0.15) is 0 Å². The molecule has 108 valence electrons. The van der Waals surface area contributed by atoms with E-state index in [0.29, 0.717) is 18.7 Å². The van der Waals surface area contributed by atoms with E-state index in [1.54, 1.807) is 6.07 Å². The topological polar surface area (TPSA) is 74.3 Å². The average Bonchev–Trinajstić information content (AvgIpc) is 2.88. The van der Waals surface area contributed by atoms with Crippen LogP contribution < -0.4 is 10.1 Å². The maximum atomic E-state index is 12.1. The van der Waals surface area contributed by atoms with Gasteiger partial charge in [0.1, 0.15) is 11.4 Å². The van der Waals surface area contributed by atoms with Gasteiger partial charge in [0.05, 0.1) is 19.3 Å². The van der Waals surface area contributed by atoms with Crippen LogP contribution in [0.4, 0.5) is 0 Å². The summed E-state index contributed by atoms with van der Waals surface area (Å²) in [5.41, 5.74) is 1.35. The van der Waals surface area contributed by atoms with Crippen LogP contribution in [0.3, 0.4) is 0 Å². The number of fused-ring (bicyclic) bond motifs is 1. The molecule has 1 aromatic heterocycles. The van der Waals surface area contributed by atoms with Crippen molar-refractivity contribution in [2.75, 3.05) is 13.2 Å². The van der Waals surface area contributed by atoms with Crippen LogP contribution in [-0.2, 0) is 0 Å². The van der Waals surface area contributed by atoms with Crippen molar-refractivity contribution in [3.05, 3.63) is 30.0 Å². The number of nitrogens with one attached hydrogen (secondary N) is 2. The molecule has 2 aromatic rings. The maximum absolute atomic E-state index is 12.1. The monoisotopic (exact) mass is 276 g/mol. The lowest BCUT2D eigenvalue weighted by atomic mass is 10.2. The number of aliphatic hydroxyl groups excluding tert-OH is 1. The Morgan fingerprint density at radius 1 is 1.40 bits per heavy atom. The average molecular weight is 276 g/mol. The van der Waals surface area contributed by atoms with Gasteiger partial charge in [0.15, 0.2) is 0 Å². The van der Waals surface area contributed by atoms with Crippen LogP contribution >= 0.6 is 0 Å². The minimum absolute atomic E-state index is 0.0586. The molecule has 0 aliphatic rings. The van der Waals surface area contributed by atoms with E-state index >= 15 is 0 Å². The lowest BCUT2D eigenvalue weighted by molar-refractivity contribution is 0.0910. The molecule has 3 N–H and O–H groups in total. The maximum Gasteiger partial charge on any atom is 0.268 e. The number of ether oxygens (including phenoxy) is 1. The summed E-state index contributed by atoms with van der Waals surface area (Å²) in [5, 5.41) is 12.9. The smallest absolute Gasteiger partial charge is 0.268 e. The van der Waals surface area contributed by atoms with E-state index in [4.69, 9.17) is 9.84 Å². The number of benzene rings is 1. The Kier molecular flexibility index (Phi) is 4.63. The van der Waals surface area contributed by atoms with Crippen LogP contribution in [0.2, 0.25) is 0 Å². The molecular formula is C15H20N2O3. The van der Waals surface area contributed by atoms with Gasteiger partial charge in [0, 0.05) is 17.0 Å². The summed E-state index contributed by atoms with van der Waals surface area (Å²) in [6.07, 6.45) is 0.691. The fraction of sp³-hybridized carbons (Fsp3) is 0.400. The van der Waals surface area contributed by atoms with Crippen molar-refractivity contribution < 1.29 is 14.6 Å². The molecular weight excluding hydrogens is 256 g/mol. The number of hydrogen-bond donors (Lipinski definition) is 3. The molecule has 5 nitrogen and oxygen atoms in total. The summed E-state index contributed by atoms with van der Waals surface area (Å²) in [6, 6.07) is 7.25. The fourth-order valence-corrected chi connectivity index (χ4v) is 2.02. The number of aromatic nitrogens is 1. The van der Waals surface area contributed by atoms with Gasteiger partial charge in [-0.1, -0.05) is 6.92 Å². The number of carbonyl (C=O) groups is 1. The first-order chi connectivity index (χ1) is 9.67. The predicted octanol–water partition coefficient (Wildman–Crippen LogP) is 2.07. The van der Waals surface area contributed by atoms with Gasteiger partial charge in [-0.05, 0) is 31.5 Å². The number of aliphatic hydroxyl groups is 1. The zero-order chi connectivity index (χ0) is 14.5. The molecule has 0 saturated carbocycles. The van der Waals surface area contributed by atoms with Crippen LogP contribution in [0.5, 0.6) is 5.75 Å². The van der Waals surface area contributed by atoms with Gasteiger partial charge in [0.2, 0.25) is 0 Å². The van der Waals surface area contributed by atoms with Gasteiger partial charge < -0.3 is 20.1 Å². The molecule has 1 heterocycles. The SMILES string of the molecule is CCOc1ccc2cc(C(=O)NC(CC)CO)[nH]c2c1. The van der Waals surface area contributed by atoms with E-state index in [9.17, 15) is 4.79 Å². The molecule has 0 aliphatic heterocycles. The van der Waals surface area contributed by atoms with E-state index in [1.165, 1.54) is 0 Å². The molecule has 1 atom stereocenters. The molecule has 1 amide bonds. The summed E-state index contributed by atoms with van der Waals surface area (Å²) in [7, 11) is 0. The minimum Gasteiger partial charge on any atom is -0.494 e. The van der Waals surface area contributed by atoms with Crippen molar-refractivity contribution in [3.8, 4) is 5.75 Å². The van der Waals surface area contributed by atoms with Crippen molar-refractivity contribution in [1.82, 2.24) is 10.3 Å². The molecule has 1 unspecified atom stereocenters. The molecule has 20 heavy (non-hydrogen) atoms. The highest BCUT2D eigenvalue weighted by Crippen LogP contribution is 2.21. The highest BCUT2D eigenvalue weighted by atomic mass is 16.5. The normalized spacial score (nSPS) is 12.3. The number of aromatic amines is 1. The Bertz CT molecular complexity index is 588. The van der Waals surface area contributed by atoms with Gasteiger partial charge in [-0.3, -0.25) is 4.79 Å². The van der Waals surface area contributed by atoms with E-state index < -0.39 is 0 Å². The second-order valence-corrected chi connectivity index (χ2v) is 4.63. The molecule has 0 aliphatic carbocycles. The summed E-state index contributed by atoms with van der Waals surface area (Å²) >= 11 is 0. The third kappa shape index (κ3) is 3.11. The van der Waals surface area contributed by atoms with Crippen molar-refractivity contribution in [1.29, 1.82) is 0 Å². The van der Waals surface area contributed by atoms with Crippen molar-refractivity contribution >= 4 is 16.8 Å². The van der Waals surface area contributed by atoms with Gasteiger partial charge >= 0.3 is 0 Å². The molecule has 0 radical (unpaired) electrons. The Balaban J connectivity index is 2.20. The van der Waals surface area contributed by atoms with E-state index in [1.807, 2.05) is 32.0 Å². The van der Waals surface area contributed by atoms with Crippen LogP contribution in [-0.4, -0.2) is 35.3 Å². The number of carbonyl (C=O) groups excluding carboxylic acids is 1. The van der Waals surface area contributed by atoms with Crippen LogP contribution in [0, 0.1) is 0 Å². The minimum atomic E-state index is -0.215. The second-order valence-electron chi connectivity index (χ2n) is 4.63. The first kappa shape index (κ1) is 14.4. The first-order valence-electron chi connectivity index (χ1n) is 6.85. The third-order valence-corrected chi connectivity index (χ3v) is 3.20. The number of rotatable bonds is 6. The Morgan fingerprint density at radius 2 is 2.20 bits per heavy atom. The zero-order valence-electron chi connectivity index (χ0n) is 11.8. The first-order valence-corrected chi connectivity index (χ1v) is 6.85. The highest BCUT2D eigenvalue weighted by molar-refractivity contribution is 5.98. The molecule has 0 bridgehead atoms. The Morgan fingerprint density at radius 3 is 2.85 bits per heavy atom. The fourth-order valence-electron chi connectivity index (χ4n) is 2.02.